The number of rotatable bonds is 3. The fourth-order valence-electron chi connectivity index (χ4n) is 2.61. The van der Waals surface area contributed by atoms with Gasteiger partial charge in [0.05, 0.1) is 36.1 Å². The van der Waals surface area contributed by atoms with Gasteiger partial charge in [-0.25, -0.2) is 4.39 Å². The van der Waals surface area contributed by atoms with Crippen LogP contribution in [0.1, 0.15) is 27.7 Å². The van der Waals surface area contributed by atoms with Crippen molar-refractivity contribution >= 4 is 23.5 Å². The van der Waals surface area contributed by atoms with Crippen molar-refractivity contribution in [3.8, 4) is 0 Å². The summed E-state index contributed by atoms with van der Waals surface area (Å²) >= 11 is 0. The number of aliphatic hydroxyl groups is 1. The third-order valence-electron chi connectivity index (χ3n) is 4.58. The zero-order valence-electron chi connectivity index (χ0n) is 13.3. The van der Waals surface area contributed by atoms with Crippen LogP contribution in [-0.2, 0) is 15.9 Å². The molecule has 118 valence electrons. The van der Waals surface area contributed by atoms with Gasteiger partial charge >= 0.3 is 7.12 Å². The normalized spacial score (nSPS) is 20.0. The topological polar surface area (TPSA) is 56.5 Å². The first kappa shape index (κ1) is 15.5. The van der Waals surface area contributed by atoms with Crippen LogP contribution >= 0.6 is 0 Å². The Morgan fingerprint density at radius 2 is 1.86 bits per heavy atom. The molecule has 0 spiro atoms. The Hall–Kier alpha value is -1.44. The fourth-order valence-corrected chi connectivity index (χ4v) is 2.61. The van der Waals surface area contributed by atoms with Crippen molar-refractivity contribution in [3.63, 3.8) is 0 Å². The molecule has 1 fully saturated rings. The van der Waals surface area contributed by atoms with Gasteiger partial charge in [-0.3, -0.25) is 4.68 Å². The molecule has 0 radical (unpaired) electrons. The van der Waals surface area contributed by atoms with E-state index >= 15 is 0 Å². The Balaban J connectivity index is 2.09. The summed E-state index contributed by atoms with van der Waals surface area (Å²) in [6, 6.07) is 2.84. The Kier molecular flexibility index (Phi) is 3.54. The summed E-state index contributed by atoms with van der Waals surface area (Å²) in [5, 5.41) is 14.1. The van der Waals surface area contributed by atoms with E-state index in [1.807, 2.05) is 27.7 Å². The number of hydrogen-bond donors (Lipinski definition) is 1. The van der Waals surface area contributed by atoms with Gasteiger partial charge in [0.1, 0.15) is 5.82 Å². The molecule has 0 aliphatic carbocycles. The molecule has 0 bridgehead atoms. The minimum absolute atomic E-state index is 0.0564. The molecule has 1 aliphatic rings. The number of hydrogen-bond acceptors (Lipinski definition) is 4. The first-order valence-electron chi connectivity index (χ1n) is 7.36. The minimum Gasteiger partial charge on any atom is -0.399 e. The van der Waals surface area contributed by atoms with E-state index in [0.29, 0.717) is 17.5 Å². The summed E-state index contributed by atoms with van der Waals surface area (Å²) in [6.07, 6.45) is 1.66. The molecule has 1 aromatic carbocycles. The lowest BCUT2D eigenvalue weighted by molar-refractivity contribution is 0.00578. The van der Waals surface area contributed by atoms with Crippen molar-refractivity contribution in [2.45, 2.75) is 45.4 Å². The van der Waals surface area contributed by atoms with Gasteiger partial charge in [0.2, 0.25) is 0 Å². The molecule has 0 atom stereocenters. The second-order valence-electron chi connectivity index (χ2n) is 6.61. The van der Waals surface area contributed by atoms with E-state index in [4.69, 9.17) is 14.4 Å². The monoisotopic (exact) mass is 306 g/mol. The van der Waals surface area contributed by atoms with Crippen molar-refractivity contribution < 1.29 is 18.8 Å². The smallest absolute Gasteiger partial charge is 0.399 e. The van der Waals surface area contributed by atoms with Crippen LogP contribution in [0.15, 0.2) is 18.3 Å². The summed E-state index contributed by atoms with van der Waals surface area (Å²) in [7, 11) is -0.644. The minimum atomic E-state index is -0.644. The average Bonchev–Trinajstić information content (AvgIpc) is 2.89. The Morgan fingerprint density at radius 1 is 1.23 bits per heavy atom. The van der Waals surface area contributed by atoms with Crippen LogP contribution < -0.4 is 5.46 Å². The quantitative estimate of drug-likeness (QED) is 0.873. The number of fused-ring (bicyclic) bond motifs is 1. The lowest BCUT2D eigenvalue weighted by Gasteiger charge is -2.32. The van der Waals surface area contributed by atoms with E-state index in [2.05, 4.69) is 5.10 Å². The fraction of sp³-hybridized carbons (Fsp3) is 0.533. The SMILES string of the molecule is CC1(C)OB(c2cc(F)cc3c2cnn3CCO)OC1(C)C. The van der Waals surface area contributed by atoms with E-state index in [-0.39, 0.29) is 12.4 Å². The zero-order chi connectivity index (χ0) is 16.1. The van der Waals surface area contributed by atoms with Crippen LogP contribution in [0, 0.1) is 5.82 Å². The molecule has 2 aromatic rings. The van der Waals surface area contributed by atoms with Gasteiger partial charge in [0.25, 0.3) is 0 Å². The standard InChI is InChI=1S/C15H20BFN2O3/c1-14(2)15(3,4)22-16(21-14)12-7-10(17)8-13-11(12)9-18-19(13)5-6-20/h7-9,20H,5-6H2,1-4H3. The van der Waals surface area contributed by atoms with Crippen molar-refractivity contribution in [1.82, 2.24) is 9.78 Å². The molecular weight excluding hydrogens is 286 g/mol. The number of benzene rings is 1. The lowest BCUT2D eigenvalue weighted by atomic mass is 9.77. The van der Waals surface area contributed by atoms with Crippen LogP contribution in [-0.4, -0.2) is 39.8 Å². The first-order valence-corrected chi connectivity index (χ1v) is 7.36. The Labute approximate surface area is 129 Å². The number of halogens is 1. The van der Waals surface area contributed by atoms with Gasteiger partial charge in [0, 0.05) is 5.39 Å². The van der Waals surface area contributed by atoms with E-state index in [9.17, 15) is 4.39 Å². The highest BCUT2D eigenvalue weighted by Gasteiger charge is 2.52. The third-order valence-corrected chi connectivity index (χ3v) is 4.58. The summed E-state index contributed by atoms with van der Waals surface area (Å²) in [5.41, 5.74) is 0.269. The number of aliphatic hydroxyl groups excluding tert-OH is 1. The summed E-state index contributed by atoms with van der Waals surface area (Å²) < 4.78 is 27.6. The summed E-state index contributed by atoms with van der Waals surface area (Å²) in [5.74, 6) is -0.378. The summed E-state index contributed by atoms with van der Waals surface area (Å²) in [4.78, 5) is 0. The highest BCUT2D eigenvalue weighted by molar-refractivity contribution is 6.65. The maximum Gasteiger partial charge on any atom is 0.495 e. The predicted molar refractivity (Wildman–Crippen MR) is 82.5 cm³/mol. The van der Waals surface area contributed by atoms with Crippen LogP contribution in [0.2, 0.25) is 0 Å². The second-order valence-corrected chi connectivity index (χ2v) is 6.61. The van der Waals surface area contributed by atoms with Crippen molar-refractivity contribution in [2.75, 3.05) is 6.61 Å². The maximum atomic E-state index is 14.0. The molecule has 1 aromatic heterocycles. The molecule has 0 unspecified atom stereocenters. The lowest BCUT2D eigenvalue weighted by Crippen LogP contribution is -2.41. The van der Waals surface area contributed by atoms with Gasteiger partial charge in [-0.15, -0.1) is 0 Å². The molecule has 1 aliphatic heterocycles. The molecular formula is C15H20BFN2O3. The second kappa shape index (κ2) is 5.04. The first-order chi connectivity index (χ1) is 10.2. The van der Waals surface area contributed by atoms with Crippen LogP contribution in [0.4, 0.5) is 4.39 Å². The zero-order valence-corrected chi connectivity index (χ0v) is 13.3. The Bertz CT molecular complexity index is 698. The predicted octanol–water partition coefficient (Wildman–Crippen LogP) is 1.47. The van der Waals surface area contributed by atoms with Crippen molar-refractivity contribution in [1.29, 1.82) is 0 Å². The van der Waals surface area contributed by atoms with E-state index in [1.165, 1.54) is 12.1 Å². The summed E-state index contributed by atoms with van der Waals surface area (Å²) in [6.45, 7) is 8.09. The molecule has 1 N–H and O–H groups in total. The highest BCUT2D eigenvalue weighted by atomic mass is 19.1. The molecule has 3 rings (SSSR count). The third kappa shape index (κ3) is 2.33. The largest absolute Gasteiger partial charge is 0.495 e. The van der Waals surface area contributed by atoms with E-state index in [1.54, 1.807) is 10.9 Å². The van der Waals surface area contributed by atoms with Gasteiger partial charge in [0.15, 0.2) is 0 Å². The van der Waals surface area contributed by atoms with Crippen molar-refractivity contribution in [2.24, 2.45) is 0 Å². The molecule has 5 nitrogen and oxygen atoms in total. The van der Waals surface area contributed by atoms with Crippen LogP contribution in [0.3, 0.4) is 0 Å². The number of aromatic nitrogens is 2. The van der Waals surface area contributed by atoms with Crippen molar-refractivity contribution in [3.05, 3.63) is 24.1 Å². The molecule has 7 heteroatoms. The maximum absolute atomic E-state index is 14.0. The van der Waals surface area contributed by atoms with E-state index in [0.717, 1.165) is 5.39 Å². The number of nitrogens with zero attached hydrogens (tertiary/aromatic N) is 2. The van der Waals surface area contributed by atoms with Gasteiger partial charge in [-0.2, -0.15) is 5.10 Å². The highest BCUT2D eigenvalue weighted by Crippen LogP contribution is 2.37. The molecule has 1 saturated heterocycles. The van der Waals surface area contributed by atoms with Crippen LogP contribution in [0.5, 0.6) is 0 Å². The molecule has 0 saturated carbocycles. The molecule has 0 amide bonds. The van der Waals surface area contributed by atoms with Gasteiger partial charge in [-0.1, -0.05) is 0 Å². The Morgan fingerprint density at radius 3 is 2.45 bits per heavy atom. The molecule has 22 heavy (non-hydrogen) atoms. The van der Waals surface area contributed by atoms with E-state index < -0.39 is 18.3 Å². The average molecular weight is 306 g/mol. The van der Waals surface area contributed by atoms with Gasteiger partial charge in [-0.05, 0) is 45.3 Å². The van der Waals surface area contributed by atoms with Gasteiger partial charge < -0.3 is 14.4 Å². The van der Waals surface area contributed by atoms with Crippen LogP contribution in [0.25, 0.3) is 10.9 Å². The molecule has 2 heterocycles.